The summed E-state index contributed by atoms with van der Waals surface area (Å²) in [5.74, 6) is -1.05. The van der Waals surface area contributed by atoms with Gasteiger partial charge in [0.2, 0.25) is 0 Å². The van der Waals surface area contributed by atoms with Gasteiger partial charge in [-0.3, -0.25) is 9.78 Å². The van der Waals surface area contributed by atoms with Crippen molar-refractivity contribution in [1.82, 2.24) is 4.98 Å². The lowest BCUT2D eigenvalue weighted by molar-refractivity contribution is -0.138. The van der Waals surface area contributed by atoms with Gasteiger partial charge in [-0.2, -0.15) is 0 Å². The molecule has 5 heteroatoms. The molecule has 1 aromatic heterocycles. The molecule has 1 rings (SSSR count). The number of nitrogens with zero attached hydrogens (tertiary/aromatic N) is 1. The summed E-state index contributed by atoms with van der Waals surface area (Å²) in [5.41, 5.74) is 5.83. The Morgan fingerprint density at radius 1 is 1.77 bits per heavy atom. The summed E-state index contributed by atoms with van der Waals surface area (Å²) < 4.78 is 0. The summed E-state index contributed by atoms with van der Waals surface area (Å²) >= 11 is 5.76. The normalized spacial score (nSPS) is 12.5. The van der Waals surface area contributed by atoms with Crippen molar-refractivity contribution in [3.05, 3.63) is 29.0 Å². The Morgan fingerprint density at radius 2 is 2.46 bits per heavy atom. The highest BCUT2D eigenvalue weighted by Crippen LogP contribution is 2.13. The fraction of sp³-hybridized carbons (Fsp3) is 0.250. The van der Waals surface area contributed by atoms with Crippen LogP contribution < -0.4 is 5.73 Å². The Morgan fingerprint density at radius 3 is 3.00 bits per heavy atom. The van der Waals surface area contributed by atoms with Crippen molar-refractivity contribution >= 4 is 17.6 Å². The molecule has 0 unspecified atom stereocenters. The second kappa shape index (κ2) is 4.20. The molecule has 0 saturated carbocycles. The van der Waals surface area contributed by atoms with Crippen LogP contribution in [-0.2, 0) is 11.2 Å². The Balaban J connectivity index is 2.74. The monoisotopic (exact) mass is 200 g/mol. The van der Waals surface area contributed by atoms with Crippen LogP contribution in [0.25, 0.3) is 0 Å². The molecule has 0 spiro atoms. The summed E-state index contributed by atoms with van der Waals surface area (Å²) in [4.78, 5) is 14.3. The molecule has 3 N–H and O–H groups in total. The minimum atomic E-state index is -1.05. The van der Waals surface area contributed by atoms with Gasteiger partial charge < -0.3 is 10.8 Å². The molecule has 1 aromatic rings. The molecule has 1 heterocycles. The molecule has 0 bridgehead atoms. The molecule has 0 aromatic carbocycles. The van der Waals surface area contributed by atoms with E-state index in [1.165, 1.54) is 0 Å². The zero-order valence-electron chi connectivity index (χ0n) is 6.77. The summed E-state index contributed by atoms with van der Waals surface area (Å²) in [6, 6.07) is 2.38. The van der Waals surface area contributed by atoms with Gasteiger partial charge in [0.15, 0.2) is 0 Å². The van der Waals surface area contributed by atoms with E-state index in [9.17, 15) is 4.79 Å². The van der Waals surface area contributed by atoms with Crippen molar-refractivity contribution in [2.24, 2.45) is 5.73 Å². The highest BCUT2D eigenvalue weighted by Gasteiger charge is 2.14. The van der Waals surface area contributed by atoms with Crippen LogP contribution in [0.4, 0.5) is 0 Å². The molecule has 4 nitrogen and oxygen atoms in total. The number of carboxylic acids is 1. The molecule has 0 aliphatic heterocycles. The first kappa shape index (κ1) is 9.95. The SMILES string of the molecule is N[C@@H](Cc1ncccc1Cl)C(=O)O. The number of hydrogen-bond acceptors (Lipinski definition) is 3. The van der Waals surface area contributed by atoms with Crippen molar-refractivity contribution in [2.75, 3.05) is 0 Å². The molecule has 13 heavy (non-hydrogen) atoms. The number of pyridine rings is 1. The molecule has 0 saturated heterocycles. The summed E-state index contributed by atoms with van der Waals surface area (Å²) in [7, 11) is 0. The largest absolute Gasteiger partial charge is 0.480 e. The van der Waals surface area contributed by atoms with Crippen LogP contribution in [0, 0.1) is 0 Å². The lowest BCUT2D eigenvalue weighted by Crippen LogP contribution is -2.32. The zero-order chi connectivity index (χ0) is 9.84. The Hall–Kier alpha value is -1.13. The van der Waals surface area contributed by atoms with Crippen LogP contribution in [-0.4, -0.2) is 22.1 Å². The first-order valence-corrected chi connectivity index (χ1v) is 4.07. The maximum atomic E-state index is 10.4. The Kier molecular flexibility index (Phi) is 3.22. The van der Waals surface area contributed by atoms with E-state index in [1.54, 1.807) is 18.3 Å². The van der Waals surface area contributed by atoms with Crippen LogP contribution in [0.2, 0.25) is 5.02 Å². The van der Waals surface area contributed by atoms with Gasteiger partial charge in [0.1, 0.15) is 6.04 Å². The van der Waals surface area contributed by atoms with E-state index in [2.05, 4.69) is 4.98 Å². The quantitative estimate of drug-likeness (QED) is 0.753. The molecule has 70 valence electrons. The summed E-state index contributed by atoms with van der Waals surface area (Å²) in [5, 5.41) is 8.98. The number of nitrogens with two attached hydrogens (primary N) is 1. The molecule has 0 aliphatic carbocycles. The second-order valence-electron chi connectivity index (χ2n) is 2.58. The Labute approximate surface area is 80.3 Å². The van der Waals surface area contributed by atoms with Crippen LogP contribution in [0.5, 0.6) is 0 Å². The van der Waals surface area contributed by atoms with Gasteiger partial charge in [0.25, 0.3) is 0 Å². The molecule has 0 radical (unpaired) electrons. The molecular formula is C8H9ClN2O2. The van der Waals surface area contributed by atoms with Crippen molar-refractivity contribution in [3.8, 4) is 0 Å². The third-order valence-electron chi connectivity index (χ3n) is 1.57. The van der Waals surface area contributed by atoms with Gasteiger partial charge in [-0.05, 0) is 12.1 Å². The first-order chi connectivity index (χ1) is 6.11. The minimum absolute atomic E-state index is 0.148. The fourth-order valence-corrected chi connectivity index (χ4v) is 1.06. The van der Waals surface area contributed by atoms with Gasteiger partial charge >= 0.3 is 5.97 Å². The number of carboxylic acid groups (broad SMARTS) is 1. The summed E-state index contributed by atoms with van der Waals surface area (Å²) in [6.07, 6.45) is 1.70. The van der Waals surface area contributed by atoms with Crippen molar-refractivity contribution in [2.45, 2.75) is 12.5 Å². The van der Waals surface area contributed by atoms with E-state index < -0.39 is 12.0 Å². The molecule has 0 amide bonds. The predicted molar refractivity (Wildman–Crippen MR) is 48.6 cm³/mol. The van der Waals surface area contributed by atoms with E-state index >= 15 is 0 Å². The Bertz CT molecular complexity index is 317. The number of aromatic nitrogens is 1. The van der Waals surface area contributed by atoms with E-state index in [1.807, 2.05) is 0 Å². The van der Waals surface area contributed by atoms with Crippen LogP contribution >= 0.6 is 11.6 Å². The summed E-state index contributed by atoms with van der Waals surface area (Å²) in [6.45, 7) is 0. The standard InChI is InChI=1S/C8H9ClN2O2/c9-5-2-1-3-11-7(5)4-6(10)8(12)13/h1-3,6H,4,10H2,(H,12,13)/t6-/m0/s1. The lowest BCUT2D eigenvalue weighted by Gasteiger charge is -2.06. The zero-order valence-corrected chi connectivity index (χ0v) is 7.53. The van der Waals surface area contributed by atoms with Gasteiger partial charge in [0.05, 0.1) is 10.7 Å². The van der Waals surface area contributed by atoms with Crippen LogP contribution in [0.15, 0.2) is 18.3 Å². The average Bonchev–Trinajstić information content (AvgIpc) is 2.08. The first-order valence-electron chi connectivity index (χ1n) is 3.69. The van der Waals surface area contributed by atoms with Crippen molar-refractivity contribution in [3.63, 3.8) is 0 Å². The number of rotatable bonds is 3. The van der Waals surface area contributed by atoms with Gasteiger partial charge in [-0.1, -0.05) is 11.6 Å². The highest BCUT2D eigenvalue weighted by molar-refractivity contribution is 6.31. The van der Waals surface area contributed by atoms with E-state index in [4.69, 9.17) is 22.4 Å². The molecular weight excluding hydrogens is 192 g/mol. The van der Waals surface area contributed by atoms with Crippen LogP contribution in [0.1, 0.15) is 5.69 Å². The third-order valence-corrected chi connectivity index (χ3v) is 1.91. The average molecular weight is 201 g/mol. The predicted octanol–water partition coefficient (Wildman–Crippen LogP) is 0.689. The highest BCUT2D eigenvalue weighted by atomic mass is 35.5. The number of hydrogen-bond donors (Lipinski definition) is 2. The van der Waals surface area contributed by atoms with E-state index in [0.717, 1.165) is 0 Å². The minimum Gasteiger partial charge on any atom is -0.480 e. The second-order valence-corrected chi connectivity index (χ2v) is 2.99. The maximum Gasteiger partial charge on any atom is 0.320 e. The number of carbonyl (C=O) groups is 1. The topological polar surface area (TPSA) is 76.2 Å². The van der Waals surface area contributed by atoms with Crippen molar-refractivity contribution in [1.29, 1.82) is 0 Å². The van der Waals surface area contributed by atoms with E-state index in [-0.39, 0.29) is 6.42 Å². The number of halogens is 1. The smallest absolute Gasteiger partial charge is 0.320 e. The van der Waals surface area contributed by atoms with Crippen LogP contribution in [0.3, 0.4) is 0 Å². The van der Waals surface area contributed by atoms with Gasteiger partial charge in [-0.25, -0.2) is 0 Å². The third kappa shape index (κ3) is 2.68. The number of aliphatic carboxylic acids is 1. The fourth-order valence-electron chi connectivity index (χ4n) is 0.864. The van der Waals surface area contributed by atoms with Gasteiger partial charge in [0, 0.05) is 12.6 Å². The van der Waals surface area contributed by atoms with Gasteiger partial charge in [-0.15, -0.1) is 0 Å². The maximum absolute atomic E-state index is 10.4. The molecule has 1 atom stereocenters. The molecule has 0 aliphatic rings. The molecule has 0 fully saturated rings. The van der Waals surface area contributed by atoms with E-state index in [0.29, 0.717) is 10.7 Å². The van der Waals surface area contributed by atoms with Crippen molar-refractivity contribution < 1.29 is 9.90 Å². The lowest BCUT2D eigenvalue weighted by atomic mass is 10.1.